The molecule has 122 valence electrons. The Labute approximate surface area is 141 Å². The second kappa shape index (κ2) is 7.55. The van der Waals surface area contributed by atoms with E-state index in [0.717, 1.165) is 31.5 Å². The Morgan fingerprint density at radius 2 is 1.83 bits per heavy atom. The van der Waals surface area contributed by atoms with Crippen molar-refractivity contribution in [1.82, 2.24) is 9.88 Å². The summed E-state index contributed by atoms with van der Waals surface area (Å²) in [6, 6.07) is 10.7. The normalized spacial score (nSPS) is 14.1. The van der Waals surface area contributed by atoms with E-state index in [4.69, 9.17) is 0 Å². The van der Waals surface area contributed by atoms with Crippen molar-refractivity contribution < 1.29 is 9.59 Å². The van der Waals surface area contributed by atoms with E-state index >= 15 is 0 Å². The molecule has 0 radical (unpaired) electrons. The van der Waals surface area contributed by atoms with Crippen LogP contribution < -0.4 is 5.32 Å². The first-order valence-corrected chi connectivity index (χ1v) is 8.01. The van der Waals surface area contributed by atoms with Crippen molar-refractivity contribution in [2.24, 2.45) is 0 Å². The van der Waals surface area contributed by atoms with Crippen LogP contribution in [-0.4, -0.2) is 34.8 Å². The second-order valence-electron chi connectivity index (χ2n) is 5.69. The summed E-state index contributed by atoms with van der Waals surface area (Å²) >= 11 is 0. The zero-order valence-corrected chi connectivity index (χ0v) is 13.3. The van der Waals surface area contributed by atoms with Crippen LogP contribution in [0.2, 0.25) is 0 Å². The Balaban J connectivity index is 1.58. The van der Waals surface area contributed by atoms with E-state index < -0.39 is 0 Å². The van der Waals surface area contributed by atoms with Gasteiger partial charge >= 0.3 is 0 Å². The number of nitrogens with zero attached hydrogens (tertiary/aromatic N) is 2. The van der Waals surface area contributed by atoms with Crippen LogP contribution in [0.5, 0.6) is 0 Å². The fraction of sp³-hybridized carbons (Fsp3) is 0.211. The number of likely N-dealkylation sites (tertiary alicyclic amines) is 1. The highest BCUT2D eigenvalue weighted by molar-refractivity contribution is 6.02. The van der Waals surface area contributed by atoms with Crippen LogP contribution in [0.4, 0.5) is 5.69 Å². The Bertz CT molecular complexity index is 733. The molecule has 0 spiro atoms. The van der Waals surface area contributed by atoms with Crippen LogP contribution in [-0.2, 0) is 4.79 Å². The van der Waals surface area contributed by atoms with Gasteiger partial charge in [-0.1, -0.05) is 6.07 Å². The van der Waals surface area contributed by atoms with E-state index in [0.29, 0.717) is 11.3 Å². The van der Waals surface area contributed by atoms with Gasteiger partial charge in [0, 0.05) is 42.8 Å². The third kappa shape index (κ3) is 4.07. The number of benzene rings is 1. The SMILES string of the molecule is O=C(/C=C/c1cccnc1)Nc1ccc(C(=O)N2CCCC2)cc1. The van der Waals surface area contributed by atoms with E-state index in [2.05, 4.69) is 10.3 Å². The molecule has 1 aromatic carbocycles. The van der Waals surface area contributed by atoms with Crippen molar-refractivity contribution in [3.63, 3.8) is 0 Å². The number of carbonyl (C=O) groups excluding carboxylic acids is 2. The largest absolute Gasteiger partial charge is 0.339 e. The predicted octanol–water partition coefficient (Wildman–Crippen LogP) is 2.97. The van der Waals surface area contributed by atoms with Crippen molar-refractivity contribution in [3.8, 4) is 0 Å². The van der Waals surface area contributed by atoms with E-state index in [1.54, 1.807) is 42.7 Å². The molecule has 5 nitrogen and oxygen atoms in total. The third-order valence-electron chi connectivity index (χ3n) is 3.90. The van der Waals surface area contributed by atoms with E-state index in [9.17, 15) is 9.59 Å². The number of nitrogens with one attached hydrogen (secondary N) is 1. The molecule has 24 heavy (non-hydrogen) atoms. The van der Waals surface area contributed by atoms with Gasteiger partial charge in [-0.2, -0.15) is 0 Å². The molecule has 2 aromatic rings. The maximum absolute atomic E-state index is 12.3. The molecule has 5 heteroatoms. The molecule has 1 fully saturated rings. The molecule has 1 aliphatic heterocycles. The minimum atomic E-state index is -0.225. The summed E-state index contributed by atoms with van der Waals surface area (Å²) in [5.41, 5.74) is 2.17. The molecule has 1 N–H and O–H groups in total. The van der Waals surface area contributed by atoms with Gasteiger partial charge in [0.2, 0.25) is 5.91 Å². The molecule has 3 rings (SSSR count). The number of anilines is 1. The van der Waals surface area contributed by atoms with Crippen molar-refractivity contribution >= 4 is 23.6 Å². The summed E-state index contributed by atoms with van der Waals surface area (Å²) in [6.45, 7) is 1.66. The van der Waals surface area contributed by atoms with Crippen LogP contribution in [0.3, 0.4) is 0 Å². The van der Waals surface area contributed by atoms with Gasteiger partial charge in [-0.05, 0) is 54.8 Å². The lowest BCUT2D eigenvalue weighted by Gasteiger charge is -2.15. The highest BCUT2D eigenvalue weighted by atomic mass is 16.2. The van der Waals surface area contributed by atoms with Crippen LogP contribution in [0.1, 0.15) is 28.8 Å². The van der Waals surface area contributed by atoms with Gasteiger partial charge < -0.3 is 10.2 Å². The zero-order valence-electron chi connectivity index (χ0n) is 13.3. The average molecular weight is 321 g/mol. The highest BCUT2D eigenvalue weighted by Crippen LogP contribution is 2.15. The molecular formula is C19H19N3O2. The lowest BCUT2D eigenvalue weighted by molar-refractivity contribution is -0.111. The van der Waals surface area contributed by atoms with Crippen LogP contribution >= 0.6 is 0 Å². The number of amides is 2. The summed E-state index contributed by atoms with van der Waals surface area (Å²) in [5, 5.41) is 2.78. The summed E-state index contributed by atoms with van der Waals surface area (Å²) in [4.78, 5) is 30.0. The fourth-order valence-corrected chi connectivity index (χ4v) is 2.63. The Morgan fingerprint density at radius 1 is 1.08 bits per heavy atom. The first-order chi connectivity index (χ1) is 11.7. The minimum Gasteiger partial charge on any atom is -0.339 e. The number of pyridine rings is 1. The zero-order chi connectivity index (χ0) is 16.8. The maximum Gasteiger partial charge on any atom is 0.253 e. The molecule has 1 aromatic heterocycles. The van der Waals surface area contributed by atoms with Crippen molar-refractivity contribution in [1.29, 1.82) is 0 Å². The molecule has 0 bridgehead atoms. The third-order valence-corrected chi connectivity index (χ3v) is 3.90. The molecule has 2 amide bonds. The lowest BCUT2D eigenvalue weighted by Crippen LogP contribution is -2.27. The topological polar surface area (TPSA) is 62.3 Å². The van der Waals surface area contributed by atoms with Crippen molar-refractivity contribution in [2.45, 2.75) is 12.8 Å². The molecule has 0 unspecified atom stereocenters. The van der Waals surface area contributed by atoms with Crippen LogP contribution in [0.15, 0.2) is 54.9 Å². The quantitative estimate of drug-likeness (QED) is 0.881. The number of hydrogen-bond donors (Lipinski definition) is 1. The van der Waals surface area contributed by atoms with E-state index in [1.807, 2.05) is 17.0 Å². The average Bonchev–Trinajstić information content (AvgIpc) is 3.16. The summed E-state index contributed by atoms with van der Waals surface area (Å²) in [7, 11) is 0. The van der Waals surface area contributed by atoms with Gasteiger partial charge in [0.25, 0.3) is 5.91 Å². The van der Waals surface area contributed by atoms with Gasteiger partial charge in [0.1, 0.15) is 0 Å². The van der Waals surface area contributed by atoms with Gasteiger partial charge in [-0.3, -0.25) is 14.6 Å². The maximum atomic E-state index is 12.3. The van der Waals surface area contributed by atoms with Crippen LogP contribution in [0, 0.1) is 0 Å². The molecule has 0 saturated carbocycles. The highest BCUT2D eigenvalue weighted by Gasteiger charge is 2.19. The standard InChI is InChI=1S/C19H19N3O2/c23-18(10-5-15-4-3-11-20-14-15)21-17-8-6-16(7-9-17)19(24)22-12-1-2-13-22/h3-11,14H,1-2,12-13H2,(H,21,23)/b10-5+. The molecule has 1 aliphatic rings. The number of hydrogen-bond acceptors (Lipinski definition) is 3. The smallest absolute Gasteiger partial charge is 0.253 e. The van der Waals surface area contributed by atoms with Crippen LogP contribution in [0.25, 0.3) is 6.08 Å². The second-order valence-corrected chi connectivity index (χ2v) is 5.69. The summed E-state index contributed by atoms with van der Waals surface area (Å²) in [5.74, 6) is -0.167. The first kappa shape index (κ1) is 15.9. The van der Waals surface area contributed by atoms with Gasteiger partial charge in [-0.15, -0.1) is 0 Å². The van der Waals surface area contributed by atoms with Crippen molar-refractivity contribution in [2.75, 3.05) is 18.4 Å². The van der Waals surface area contributed by atoms with E-state index in [1.165, 1.54) is 6.08 Å². The van der Waals surface area contributed by atoms with Gasteiger partial charge in [0.15, 0.2) is 0 Å². The predicted molar refractivity (Wildman–Crippen MR) is 93.5 cm³/mol. The number of rotatable bonds is 4. The summed E-state index contributed by atoms with van der Waals surface area (Å²) < 4.78 is 0. The number of aromatic nitrogens is 1. The first-order valence-electron chi connectivity index (χ1n) is 8.01. The molecule has 0 aliphatic carbocycles. The Morgan fingerprint density at radius 3 is 2.50 bits per heavy atom. The lowest BCUT2D eigenvalue weighted by atomic mass is 10.2. The number of carbonyl (C=O) groups is 2. The van der Waals surface area contributed by atoms with Crippen molar-refractivity contribution in [3.05, 3.63) is 66.0 Å². The Kier molecular flexibility index (Phi) is 5.01. The monoisotopic (exact) mass is 321 g/mol. The Hall–Kier alpha value is -2.95. The molecule has 1 saturated heterocycles. The van der Waals surface area contributed by atoms with Gasteiger partial charge in [-0.25, -0.2) is 0 Å². The summed E-state index contributed by atoms with van der Waals surface area (Å²) in [6.07, 6.45) is 8.67. The fourth-order valence-electron chi connectivity index (χ4n) is 2.63. The molecule has 2 heterocycles. The molecular weight excluding hydrogens is 302 g/mol. The minimum absolute atomic E-state index is 0.0573. The molecule has 0 atom stereocenters. The van der Waals surface area contributed by atoms with Gasteiger partial charge in [0.05, 0.1) is 0 Å². The van der Waals surface area contributed by atoms with E-state index in [-0.39, 0.29) is 11.8 Å².